The van der Waals surface area contributed by atoms with Crippen LogP contribution in [-0.2, 0) is 9.59 Å². The number of rotatable bonds is 3. The largest absolute Gasteiger partial charge is 0.481 e. The van der Waals surface area contributed by atoms with E-state index in [2.05, 4.69) is 0 Å². The normalized spacial score (nSPS) is 26.6. The summed E-state index contributed by atoms with van der Waals surface area (Å²) in [5.41, 5.74) is -0.733. The fourth-order valence-electron chi connectivity index (χ4n) is 1.72. The lowest BCUT2D eigenvalue weighted by Crippen LogP contribution is -2.34. The van der Waals surface area contributed by atoms with E-state index in [1.165, 1.54) is 0 Å². The van der Waals surface area contributed by atoms with Crippen molar-refractivity contribution in [2.24, 2.45) is 5.41 Å². The van der Waals surface area contributed by atoms with E-state index in [9.17, 15) is 9.59 Å². The summed E-state index contributed by atoms with van der Waals surface area (Å²) in [6.45, 7) is 4.60. The molecular weight excluding hydrogens is 182 g/mol. The summed E-state index contributed by atoms with van der Waals surface area (Å²) in [6.07, 6.45) is 1.91. The summed E-state index contributed by atoms with van der Waals surface area (Å²) in [4.78, 5) is 24.1. The van der Waals surface area contributed by atoms with Crippen molar-refractivity contribution in [3.8, 4) is 0 Å². The van der Waals surface area contributed by atoms with Gasteiger partial charge in [-0.1, -0.05) is 6.92 Å². The predicted octanol–water partition coefficient (Wildman–Crippen LogP) is 1.11. The molecule has 1 heterocycles. The molecule has 0 saturated carbocycles. The Labute approximate surface area is 83.9 Å². The number of likely N-dealkylation sites (tertiary alicyclic amines) is 1. The summed E-state index contributed by atoms with van der Waals surface area (Å²) in [7, 11) is 0. The Morgan fingerprint density at radius 2 is 2.14 bits per heavy atom. The van der Waals surface area contributed by atoms with E-state index in [1.807, 2.05) is 6.92 Å². The van der Waals surface area contributed by atoms with Gasteiger partial charge < -0.3 is 10.0 Å². The molecule has 1 amide bonds. The molecule has 1 saturated heterocycles. The Morgan fingerprint density at radius 1 is 1.50 bits per heavy atom. The zero-order valence-electron chi connectivity index (χ0n) is 8.75. The molecule has 4 nitrogen and oxygen atoms in total. The number of hydrogen-bond acceptors (Lipinski definition) is 2. The number of carbonyl (C=O) groups excluding carboxylic acids is 1. The van der Waals surface area contributed by atoms with E-state index in [1.54, 1.807) is 11.8 Å². The van der Waals surface area contributed by atoms with Crippen LogP contribution >= 0.6 is 0 Å². The summed E-state index contributed by atoms with van der Waals surface area (Å²) in [6, 6.07) is 0. The molecule has 0 bridgehead atoms. The fraction of sp³-hybridized carbons (Fsp3) is 0.800. The molecule has 0 aromatic carbocycles. The third-order valence-electron chi connectivity index (χ3n) is 2.81. The lowest BCUT2D eigenvalue weighted by molar-refractivity contribution is -0.147. The molecule has 4 heteroatoms. The minimum absolute atomic E-state index is 0.0810. The fourth-order valence-corrected chi connectivity index (χ4v) is 1.72. The average Bonchev–Trinajstić information content (AvgIpc) is 2.50. The number of carbonyl (C=O) groups is 2. The topological polar surface area (TPSA) is 57.6 Å². The lowest BCUT2D eigenvalue weighted by atomic mass is 9.90. The average molecular weight is 199 g/mol. The van der Waals surface area contributed by atoms with Crippen molar-refractivity contribution in [3.63, 3.8) is 0 Å². The predicted molar refractivity (Wildman–Crippen MR) is 51.8 cm³/mol. The smallest absolute Gasteiger partial charge is 0.311 e. The second-order valence-corrected chi connectivity index (χ2v) is 4.18. The minimum atomic E-state index is -0.802. The van der Waals surface area contributed by atoms with Crippen LogP contribution in [0.2, 0.25) is 0 Å². The molecule has 1 aliphatic rings. The molecule has 0 aromatic rings. The van der Waals surface area contributed by atoms with Crippen LogP contribution in [0.4, 0.5) is 0 Å². The molecule has 1 unspecified atom stereocenters. The SMILES string of the molecule is CCCC(=O)N1CCC(C)(C(=O)O)C1. The number of carboxylic acid groups (broad SMARTS) is 1. The Kier molecular flexibility index (Phi) is 3.13. The van der Waals surface area contributed by atoms with Gasteiger partial charge in [0, 0.05) is 19.5 Å². The van der Waals surface area contributed by atoms with Crippen molar-refractivity contribution in [2.75, 3.05) is 13.1 Å². The van der Waals surface area contributed by atoms with E-state index >= 15 is 0 Å². The minimum Gasteiger partial charge on any atom is -0.481 e. The van der Waals surface area contributed by atoms with Crippen molar-refractivity contribution in [3.05, 3.63) is 0 Å². The van der Waals surface area contributed by atoms with Crippen LogP contribution in [0.5, 0.6) is 0 Å². The molecule has 80 valence electrons. The van der Waals surface area contributed by atoms with Crippen LogP contribution in [0.15, 0.2) is 0 Å². The first-order valence-corrected chi connectivity index (χ1v) is 5.01. The summed E-state index contributed by atoms with van der Waals surface area (Å²) >= 11 is 0. The molecule has 0 aliphatic carbocycles. The molecule has 0 spiro atoms. The van der Waals surface area contributed by atoms with E-state index in [0.29, 0.717) is 25.9 Å². The van der Waals surface area contributed by atoms with Crippen LogP contribution < -0.4 is 0 Å². The van der Waals surface area contributed by atoms with Crippen molar-refractivity contribution < 1.29 is 14.7 Å². The quantitative estimate of drug-likeness (QED) is 0.740. The van der Waals surface area contributed by atoms with Crippen molar-refractivity contribution in [2.45, 2.75) is 33.1 Å². The van der Waals surface area contributed by atoms with Crippen LogP contribution in [0.25, 0.3) is 0 Å². The number of hydrogen-bond donors (Lipinski definition) is 1. The van der Waals surface area contributed by atoms with E-state index in [-0.39, 0.29) is 5.91 Å². The third kappa shape index (κ3) is 2.05. The molecule has 1 aliphatic heterocycles. The van der Waals surface area contributed by atoms with Gasteiger partial charge in [0.05, 0.1) is 5.41 Å². The van der Waals surface area contributed by atoms with Crippen LogP contribution in [0, 0.1) is 5.41 Å². The van der Waals surface area contributed by atoms with Crippen molar-refractivity contribution >= 4 is 11.9 Å². The van der Waals surface area contributed by atoms with Crippen LogP contribution in [0.3, 0.4) is 0 Å². The summed E-state index contributed by atoms with van der Waals surface area (Å²) < 4.78 is 0. The zero-order valence-corrected chi connectivity index (χ0v) is 8.75. The van der Waals surface area contributed by atoms with E-state index in [4.69, 9.17) is 5.11 Å². The summed E-state index contributed by atoms with van der Waals surface area (Å²) in [5.74, 6) is -0.721. The number of amides is 1. The maximum atomic E-state index is 11.5. The monoisotopic (exact) mass is 199 g/mol. The van der Waals surface area contributed by atoms with Gasteiger partial charge in [-0.3, -0.25) is 9.59 Å². The Hall–Kier alpha value is -1.06. The van der Waals surface area contributed by atoms with E-state index < -0.39 is 11.4 Å². The van der Waals surface area contributed by atoms with Gasteiger partial charge in [0.15, 0.2) is 0 Å². The van der Waals surface area contributed by atoms with Gasteiger partial charge in [-0.2, -0.15) is 0 Å². The zero-order chi connectivity index (χ0) is 10.8. The number of aliphatic carboxylic acids is 1. The maximum absolute atomic E-state index is 11.5. The molecular formula is C10H17NO3. The highest BCUT2D eigenvalue weighted by molar-refractivity contribution is 5.80. The highest BCUT2D eigenvalue weighted by atomic mass is 16.4. The Bertz CT molecular complexity index is 252. The molecule has 14 heavy (non-hydrogen) atoms. The summed E-state index contributed by atoms with van der Waals surface area (Å²) in [5, 5.41) is 8.96. The van der Waals surface area contributed by atoms with Gasteiger partial charge >= 0.3 is 5.97 Å². The van der Waals surface area contributed by atoms with Gasteiger partial charge in [-0.15, -0.1) is 0 Å². The first-order chi connectivity index (χ1) is 6.49. The van der Waals surface area contributed by atoms with Crippen LogP contribution in [-0.4, -0.2) is 35.0 Å². The highest BCUT2D eigenvalue weighted by Crippen LogP contribution is 2.30. The van der Waals surface area contributed by atoms with Crippen molar-refractivity contribution in [1.82, 2.24) is 4.90 Å². The maximum Gasteiger partial charge on any atom is 0.311 e. The van der Waals surface area contributed by atoms with Gasteiger partial charge in [0.1, 0.15) is 0 Å². The lowest BCUT2D eigenvalue weighted by Gasteiger charge is -2.19. The van der Waals surface area contributed by atoms with E-state index in [0.717, 1.165) is 6.42 Å². The van der Waals surface area contributed by atoms with Gasteiger partial charge in [0.25, 0.3) is 0 Å². The molecule has 0 aromatic heterocycles. The first kappa shape index (κ1) is 11.0. The third-order valence-corrected chi connectivity index (χ3v) is 2.81. The molecule has 1 rings (SSSR count). The second-order valence-electron chi connectivity index (χ2n) is 4.18. The first-order valence-electron chi connectivity index (χ1n) is 5.01. The van der Waals surface area contributed by atoms with Gasteiger partial charge in [-0.25, -0.2) is 0 Å². The van der Waals surface area contributed by atoms with Gasteiger partial charge in [0.2, 0.25) is 5.91 Å². The molecule has 0 radical (unpaired) electrons. The number of carboxylic acids is 1. The molecule has 1 fully saturated rings. The van der Waals surface area contributed by atoms with Crippen molar-refractivity contribution in [1.29, 1.82) is 0 Å². The second kappa shape index (κ2) is 3.98. The Morgan fingerprint density at radius 3 is 2.57 bits per heavy atom. The Balaban J connectivity index is 2.56. The highest BCUT2D eigenvalue weighted by Gasteiger charge is 2.41. The molecule has 1 N–H and O–H groups in total. The standard InChI is InChI=1S/C10H17NO3/c1-3-4-8(12)11-6-5-10(2,7-11)9(13)14/h3-7H2,1-2H3,(H,13,14). The van der Waals surface area contributed by atoms with Gasteiger partial charge in [-0.05, 0) is 19.8 Å². The molecule has 1 atom stereocenters. The van der Waals surface area contributed by atoms with Crippen LogP contribution in [0.1, 0.15) is 33.1 Å². The number of nitrogens with zero attached hydrogens (tertiary/aromatic N) is 1.